The van der Waals surface area contributed by atoms with E-state index >= 15 is 0 Å². The third kappa shape index (κ3) is 8.14. The van der Waals surface area contributed by atoms with Crippen molar-refractivity contribution in [3.63, 3.8) is 0 Å². The number of carbonyl (C=O) groups excluding carboxylic acids is 1. The van der Waals surface area contributed by atoms with Gasteiger partial charge in [0.2, 0.25) is 20.0 Å². The number of nitrogens with zero attached hydrogens (tertiary/aromatic N) is 3. The largest absolute Gasteiger partial charge is 0.390 e. The van der Waals surface area contributed by atoms with Crippen molar-refractivity contribution in [1.29, 1.82) is 0 Å². The van der Waals surface area contributed by atoms with Gasteiger partial charge in [-0.2, -0.15) is 0 Å². The minimum absolute atomic E-state index is 0.0203. The standard InChI is InChI=1S/C32H35N5O6S2/c33-44(40,41)28-15-7-13-26(17-28)21-36-30(19-24-9-3-1-4-10-24)31(38)23-35(20-25-11-5-2-6-12-25)37(32(36)39)22-27-14-8-16-29(18-27)45(34,42)43/h1-18,30-31,38H,19-23H2,(H2,33,40,41)(H2,34,42,43)/t30-,31-/m1/s1. The molecule has 1 aliphatic heterocycles. The lowest BCUT2D eigenvalue weighted by molar-refractivity contribution is -0.0213. The molecule has 0 radical (unpaired) electrons. The molecule has 1 fully saturated rings. The molecular weight excluding hydrogens is 615 g/mol. The topological polar surface area (TPSA) is 167 Å². The van der Waals surface area contributed by atoms with Crippen molar-refractivity contribution in [2.24, 2.45) is 10.3 Å². The zero-order chi connectivity index (χ0) is 32.2. The molecule has 45 heavy (non-hydrogen) atoms. The summed E-state index contributed by atoms with van der Waals surface area (Å²) in [5, 5.41) is 25.8. The first-order valence-corrected chi connectivity index (χ1v) is 17.3. The number of nitrogens with two attached hydrogens (primary N) is 2. The van der Waals surface area contributed by atoms with Gasteiger partial charge in [-0.1, -0.05) is 84.9 Å². The van der Waals surface area contributed by atoms with Crippen LogP contribution in [0.25, 0.3) is 0 Å². The summed E-state index contributed by atoms with van der Waals surface area (Å²) in [5.41, 5.74) is 2.82. The Morgan fingerprint density at radius 1 is 0.644 bits per heavy atom. The smallest absolute Gasteiger partial charge is 0.335 e. The van der Waals surface area contributed by atoms with Gasteiger partial charge in [-0.3, -0.25) is 5.01 Å². The number of hydrogen-bond donors (Lipinski definition) is 3. The Bertz CT molecular complexity index is 1860. The number of aliphatic hydroxyl groups excluding tert-OH is 1. The fraction of sp³-hybridized carbons (Fsp3) is 0.219. The molecule has 5 rings (SSSR count). The van der Waals surface area contributed by atoms with Gasteiger partial charge < -0.3 is 10.0 Å². The maximum Gasteiger partial charge on any atom is 0.335 e. The van der Waals surface area contributed by atoms with Gasteiger partial charge in [0.15, 0.2) is 0 Å². The van der Waals surface area contributed by atoms with Crippen LogP contribution in [0.3, 0.4) is 0 Å². The molecule has 0 aliphatic carbocycles. The molecule has 4 aromatic carbocycles. The van der Waals surface area contributed by atoms with Gasteiger partial charge in [-0.05, 0) is 52.9 Å². The van der Waals surface area contributed by atoms with E-state index in [1.54, 1.807) is 29.3 Å². The van der Waals surface area contributed by atoms with Crippen LogP contribution in [0, 0.1) is 0 Å². The SMILES string of the molecule is NS(=O)(=O)c1cccc(CN2C(=O)N(Cc3cccc(S(N)(=O)=O)c3)N(Cc3ccccc3)C[C@@H](O)[C@H]2Cc2ccccc2)c1. The highest BCUT2D eigenvalue weighted by Gasteiger charge is 2.40. The first kappa shape index (κ1) is 32.3. The fourth-order valence-corrected chi connectivity index (χ4v) is 6.63. The number of β-amino-alcohol motifs (C(OH)–C–C–N with tert-alkyl or cyclic N) is 1. The number of primary sulfonamides is 2. The van der Waals surface area contributed by atoms with Crippen molar-refractivity contribution in [3.8, 4) is 0 Å². The van der Waals surface area contributed by atoms with Gasteiger partial charge >= 0.3 is 6.03 Å². The molecule has 0 saturated carbocycles. The van der Waals surface area contributed by atoms with Gasteiger partial charge in [-0.15, -0.1) is 0 Å². The average Bonchev–Trinajstić information content (AvgIpc) is 3.08. The normalized spacial score (nSPS) is 18.2. The van der Waals surface area contributed by atoms with Crippen LogP contribution in [-0.4, -0.2) is 61.6 Å². The summed E-state index contributed by atoms with van der Waals surface area (Å²) in [5.74, 6) is 0. The number of aliphatic hydroxyl groups is 1. The molecule has 0 bridgehead atoms. The van der Waals surface area contributed by atoms with Crippen LogP contribution in [0.4, 0.5) is 4.79 Å². The molecule has 2 atom stereocenters. The van der Waals surface area contributed by atoms with Crippen molar-refractivity contribution >= 4 is 26.1 Å². The quantitative estimate of drug-likeness (QED) is 0.237. The van der Waals surface area contributed by atoms with E-state index < -0.39 is 38.2 Å². The van der Waals surface area contributed by atoms with Crippen molar-refractivity contribution in [2.75, 3.05) is 6.54 Å². The maximum atomic E-state index is 14.7. The number of sulfonamides is 2. The summed E-state index contributed by atoms with van der Waals surface area (Å²) < 4.78 is 48.4. The van der Waals surface area contributed by atoms with E-state index in [0.717, 1.165) is 11.1 Å². The second-order valence-electron chi connectivity index (χ2n) is 11.0. The Labute approximate surface area is 263 Å². The highest BCUT2D eigenvalue weighted by Crippen LogP contribution is 2.27. The van der Waals surface area contributed by atoms with Crippen LogP contribution in [0.5, 0.6) is 0 Å². The van der Waals surface area contributed by atoms with Crippen LogP contribution in [0.2, 0.25) is 0 Å². The molecule has 2 amide bonds. The van der Waals surface area contributed by atoms with Crippen LogP contribution in [0.15, 0.2) is 119 Å². The monoisotopic (exact) mass is 649 g/mol. The van der Waals surface area contributed by atoms with E-state index in [4.69, 9.17) is 10.3 Å². The second kappa shape index (κ2) is 13.5. The van der Waals surface area contributed by atoms with Gasteiger partial charge in [0.05, 0.1) is 28.5 Å². The number of urea groups is 1. The summed E-state index contributed by atoms with van der Waals surface area (Å²) in [6.45, 7) is 0.323. The van der Waals surface area contributed by atoms with Crippen LogP contribution in [0.1, 0.15) is 22.3 Å². The van der Waals surface area contributed by atoms with E-state index in [1.807, 2.05) is 60.7 Å². The van der Waals surface area contributed by atoms with E-state index in [9.17, 15) is 26.7 Å². The Hall–Kier alpha value is -4.11. The summed E-state index contributed by atoms with van der Waals surface area (Å²) in [4.78, 5) is 16.0. The van der Waals surface area contributed by atoms with E-state index in [2.05, 4.69) is 0 Å². The molecule has 11 nitrogen and oxygen atoms in total. The summed E-state index contributed by atoms with van der Waals surface area (Å²) in [6, 6.07) is 29.9. The molecule has 1 saturated heterocycles. The van der Waals surface area contributed by atoms with Gasteiger partial charge in [0, 0.05) is 19.6 Å². The maximum absolute atomic E-state index is 14.7. The number of rotatable bonds is 10. The molecule has 0 spiro atoms. The van der Waals surface area contributed by atoms with Gasteiger partial charge in [-0.25, -0.2) is 36.9 Å². The van der Waals surface area contributed by atoms with E-state index in [1.165, 1.54) is 34.2 Å². The highest BCUT2D eigenvalue weighted by molar-refractivity contribution is 7.89. The Balaban J connectivity index is 1.59. The minimum atomic E-state index is -4.00. The second-order valence-corrected chi connectivity index (χ2v) is 14.1. The molecule has 4 aromatic rings. The predicted octanol–water partition coefficient (Wildman–Crippen LogP) is 2.81. The van der Waals surface area contributed by atoms with Crippen molar-refractivity contribution in [2.45, 2.75) is 48.0 Å². The van der Waals surface area contributed by atoms with E-state index in [0.29, 0.717) is 17.5 Å². The fourth-order valence-electron chi connectivity index (χ4n) is 5.46. The predicted molar refractivity (Wildman–Crippen MR) is 169 cm³/mol. The van der Waals surface area contributed by atoms with Crippen molar-refractivity contribution in [3.05, 3.63) is 131 Å². The summed E-state index contributed by atoms with van der Waals surface area (Å²) >= 11 is 0. The van der Waals surface area contributed by atoms with Gasteiger partial charge in [0.1, 0.15) is 0 Å². The number of amides is 2. The Morgan fingerprint density at radius 2 is 1.13 bits per heavy atom. The number of hydrogen-bond acceptors (Lipinski definition) is 7. The highest BCUT2D eigenvalue weighted by atomic mass is 32.2. The molecule has 0 aromatic heterocycles. The third-order valence-electron chi connectivity index (χ3n) is 7.69. The third-order valence-corrected chi connectivity index (χ3v) is 9.51. The molecule has 0 unspecified atom stereocenters. The first-order chi connectivity index (χ1) is 21.4. The number of hydrazine groups is 1. The molecule has 5 N–H and O–H groups in total. The molecule has 13 heteroatoms. The van der Waals surface area contributed by atoms with Crippen molar-refractivity contribution in [1.82, 2.24) is 14.9 Å². The summed E-state index contributed by atoms with van der Waals surface area (Å²) in [6.07, 6.45) is -0.684. The molecular formula is C32H35N5O6S2. The lowest BCUT2D eigenvalue weighted by Gasteiger charge is -2.36. The molecule has 1 aliphatic rings. The minimum Gasteiger partial charge on any atom is -0.390 e. The lowest BCUT2D eigenvalue weighted by Crippen LogP contribution is -2.51. The average molecular weight is 650 g/mol. The Kier molecular flexibility index (Phi) is 9.68. The zero-order valence-corrected chi connectivity index (χ0v) is 26.0. The number of carbonyl (C=O) groups is 1. The van der Waals surface area contributed by atoms with Crippen LogP contribution < -0.4 is 10.3 Å². The van der Waals surface area contributed by atoms with Crippen molar-refractivity contribution < 1.29 is 26.7 Å². The molecule has 1 heterocycles. The van der Waals surface area contributed by atoms with Gasteiger partial charge in [0.25, 0.3) is 0 Å². The van der Waals surface area contributed by atoms with Crippen LogP contribution >= 0.6 is 0 Å². The van der Waals surface area contributed by atoms with E-state index in [-0.39, 0.29) is 36.0 Å². The molecule has 236 valence electrons. The number of benzene rings is 4. The summed E-state index contributed by atoms with van der Waals surface area (Å²) in [7, 11) is -8.00. The zero-order valence-electron chi connectivity index (χ0n) is 24.4. The van der Waals surface area contributed by atoms with Crippen LogP contribution in [-0.2, 0) is 46.1 Å². The first-order valence-electron chi connectivity index (χ1n) is 14.2. The lowest BCUT2D eigenvalue weighted by atomic mass is 9.99. The Morgan fingerprint density at radius 3 is 1.67 bits per heavy atom.